The fraction of sp³-hybridized carbons (Fsp3) is 0.429. The Balaban J connectivity index is 2.46. The molecule has 0 atom stereocenters. The zero-order chi connectivity index (χ0) is 15.3. The van der Waals surface area contributed by atoms with E-state index in [9.17, 15) is 9.59 Å². The van der Waals surface area contributed by atoms with E-state index in [1.54, 1.807) is 18.2 Å². The Morgan fingerprint density at radius 3 is 2.45 bits per heavy atom. The molecule has 0 radical (unpaired) electrons. The molecule has 0 aliphatic rings. The van der Waals surface area contributed by atoms with Crippen LogP contribution in [0.5, 0.6) is 0 Å². The maximum atomic E-state index is 11.6. The largest absolute Gasteiger partial charge is 0.455 e. The molecular weight excluding hydrogens is 301 g/mol. The quantitative estimate of drug-likeness (QED) is 0.868. The van der Waals surface area contributed by atoms with Crippen LogP contribution in [0.3, 0.4) is 0 Å². The highest BCUT2D eigenvalue weighted by molar-refractivity contribution is 6.35. The third kappa shape index (κ3) is 6.26. The van der Waals surface area contributed by atoms with Gasteiger partial charge in [0.1, 0.15) is 0 Å². The summed E-state index contributed by atoms with van der Waals surface area (Å²) in [5, 5.41) is 3.59. The summed E-state index contributed by atoms with van der Waals surface area (Å²) < 4.78 is 4.90. The summed E-state index contributed by atoms with van der Waals surface area (Å²) in [5.74, 6) is -0.855. The molecule has 0 aliphatic heterocycles. The number of hydrogen-bond acceptors (Lipinski definition) is 3. The van der Waals surface area contributed by atoms with Gasteiger partial charge in [0.2, 0.25) is 0 Å². The molecule has 1 amide bonds. The number of amides is 1. The average Bonchev–Trinajstić information content (AvgIpc) is 2.28. The van der Waals surface area contributed by atoms with Crippen LogP contribution in [0.25, 0.3) is 0 Å². The molecule has 4 nitrogen and oxygen atoms in total. The molecule has 0 spiro atoms. The van der Waals surface area contributed by atoms with Crippen LogP contribution in [0.1, 0.15) is 26.3 Å². The van der Waals surface area contributed by atoms with Crippen molar-refractivity contribution in [2.45, 2.75) is 32.7 Å². The predicted octanol–water partition coefficient (Wildman–Crippen LogP) is 2.99. The third-order valence-corrected chi connectivity index (χ3v) is 2.82. The number of esters is 1. The van der Waals surface area contributed by atoms with Crippen LogP contribution in [-0.2, 0) is 20.7 Å². The zero-order valence-electron chi connectivity index (χ0n) is 11.6. The summed E-state index contributed by atoms with van der Waals surface area (Å²) in [6.07, 6.45) is -0.00119. The summed E-state index contributed by atoms with van der Waals surface area (Å²) in [5.41, 5.74) is 0.250. The minimum Gasteiger partial charge on any atom is -0.455 e. The Morgan fingerprint density at radius 2 is 1.90 bits per heavy atom. The summed E-state index contributed by atoms with van der Waals surface area (Å²) >= 11 is 11.7. The van der Waals surface area contributed by atoms with E-state index in [0.29, 0.717) is 15.6 Å². The maximum absolute atomic E-state index is 11.6. The second-order valence-electron chi connectivity index (χ2n) is 5.37. The molecule has 0 heterocycles. The van der Waals surface area contributed by atoms with Crippen molar-refractivity contribution in [1.82, 2.24) is 5.32 Å². The number of rotatable bonds is 4. The van der Waals surface area contributed by atoms with Crippen LogP contribution in [0.15, 0.2) is 18.2 Å². The average molecular weight is 318 g/mol. The van der Waals surface area contributed by atoms with Crippen LogP contribution in [0.4, 0.5) is 0 Å². The van der Waals surface area contributed by atoms with Crippen molar-refractivity contribution in [2.24, 2.45) is 0 Å². The molecule has 1 aromatic rings. The van der Waals surface area contributed by atoms with Crippen LogP contribution in [0, 0.1) is 0 Å². The van der Waals surface area contributed by atoms with Crippen molar-refractivity contribution >= 4 is 35.1 Å². The molecule has 20 heavy (non-hydrogen) atoms. The van der Waals surface area contributed by atoms with Crippen molar-refractivity contribution in [3.05, 3.63) is 33.8 Å². The fourth-order valence-corrected chi connectivity index (χ4v) is 1.95. The topological polar surface area (TPSA) is 55.4 Å². The van der Waals surface area contributed by atoms with Gasteiger partial charge < -0.3 is 10.1 Å². The van der Waals surface area contributed by atoms with E-state index >= 15 is 0 Å². The molecule has 0 aromatic heterocycles. The van der Waals surface area contributed by atoms with Gasteiger partial charge in [-0.2, -0.15) is 0 Å². The van der Waals surface area contributed by atoms with E-state index in [2.05, 4.69) is 5.32 Å². The van der Waals surface area contributed by atoms with Crippen molar-refractivity contribution in [2.75, 3.05) is 6.61 Å². The van der Waals surface area contributed by atoms with Crippen molar-refractivity contribution in [3.63, 3.8) is 0 Å². The second-order valence-corrected chi connectivity index (χ2v) is 6.22. The standard InChI is InChI=1S/C14H17Cl2NO3/c1-14(2,3)17-12(18)8-20-13(19)6-9-4-5-10(15)7-11(9)16/h4-5,7H,6,8H2,1-3H3,(H,17,18). The van der Waals surface area contributed by atoms with E-state index in [1.165, 1.54) is 0 Å². The Labute approximate surface area is 128 Å². The minimum absolute atomic E-state index is 0.00119. The molecule has 110 valence electrons. The van der Waals surface area contributed by atoms with Gasteiger partial charge in [-0.1, -0.05) is 29.3 Å². The van der Waals surface area contributed by atoms with Gasteiger partial charge in [0.25, 0.3) is 5.91 Å². The highest BCUT2D eigenvalue weighted by Gasteiger charge is 2.15. The van der Waals surface area contributed by atoms with Gasteiger partial charge in [-0.3, -0.25) is 9.59 Å². The molecular formula is C14H17Cl2NO3. The van der Waals surface area contributed by atoms with Crippen molar-refractivity contribution in [1.29, 1.82) is 0 Å². The van der Waals surface area contributed by atoms with Crippen LogP contribution >= 0.6 is 23.2 Å². The Kier molecular flexibility index (Phi) is 5.84. The lowest BCUT2D eigenvalue weighted by Crippen LogP contribution is -2.42. The Morgan fingerprint density at radius 1 is 1.25 bits per heavy atom. The van der Waals surface area contributed by atoms with Gasteiger partial charge in [0, 0.05) is 15.6 Å². The van der Waals surface area contributed by atoms with Gasteiger partial charge in [-0.15, -0.1) is 0 Å². The van der Waals surface area contributed by atoms with E-state index in [4.69, 9.17) is 27.9 Å². The predicted molar refractivity (Wildman–Crippen MR) is 79.0 cm³/mol. The second kappa shape index (κ2) is 6.95. The van der Waals surface area contributed by atoms with E-state index in [0.717, 1.165) is 0 Å². The maximum Gasteiger partial charge on any atom is 0.310 e. The summed E-state index contributed by atoms with van der Waals surface area (Å²) in [6, 6.07) is 4.85. The van der Waals surface area contributed by atoms with E-state index in [-0.39, 0.29) is 24.5 Å². The molecule has 0 bridgehead atoms. The monoisotopic (exact) mass is 317 g/mol. The molecule has 1 aromatic carbocycles. The lowest BCUT2D eigenvalue weighted by atomic mass is 10.1. The molecule has 0 unspecified atom stereocenters. The highest BCUT2D eigenvalue weighted by Crippen LogP contribution is 2.21. The van der Waals surface area contributed by atoms with Gasteiger partial charge in [-0.25, -0.2) is 0 Å². The van der Waals surface area contributed by atoms with E-state index in [1.807, 2.05) is 20.8 Å². The number of halogens is 2. The lowest BCUT2D eigenvalue weighted by molar-refractivity contribution is -0.148. The van der Waals surface area contributed by atoms with E-state index < -0.39 is 5.97 Å². The van der Waals surface area contributed by atoms with Crippen LogP contribution in [0.2, 0.25) is 10.0 Å². The smallest absolute Gasteiger partial charge is 0.310 e. The molecule has 0 aliphatic carbocycles. The summed E-state index contributed by atoms with van der Waals surface area (Å²) in [4.78, 5) is 23.1. The first-order valence-electron chi connectivity index (χ1n) is 6.08. The highest BCUT2D eigenvalue weighted by atomic mass is 35.5. The lowest BCUT2D eigenvalue weighted by Gasteiger charge is -2.20. The molecule has 0 saturated heterocycles. The molecule has 0 fully saturated rings. The number of nitrogens with one attached hydrogen (secondary N) is 1. The first-order valence-corrected chi connectivity index (χ1v) is 6.83. The van der Waals surface area contributed by atoms with Crippen molar-refractivity contribution in [3.8, 4) is 0 Å². The number of ether oxygens (including phenoxy) is 1. The number of benzene rings is 1. The van der Waals surface area contributed by atoms with Crippen molar-refractivity contribution < 1.29 is 14.3 Å². The third-order valence-electron chi connectivity index (χ3n) is 2.23. The SMILES string of the molecule is CC(C)(C)NC(=O)COC(=O)Cc1ccc(Cl)cc1Cl. The molecule has 0 saturated carbocycles. The zero-order valence-corrected chi connectivity index (χ0v) is 13.1. The van der Waals surface area contributed by atoms with Gasteiger partial charge in [-0.05, 0) is 38.5 Å². The first-order chi connectivity index (χ1) is 9.17. The van der Waals surface area contributed by atoms with Gasteiger partial charge in [0.15, 0.2) is 6.61 Å². The summed E-state index contributed by atoms with van der Waals surface area (Å²) in [6.45, 7) is 5.24. The molecule has 6 heteroatoms. The number of hydrogen-bond donors (Lipinski definition) is 1. The minimum atomic E-state index is -0.515. The molecule has 1 rings (SSSR count). The normalized spacial score (nSPS) is 11.1. The van der Waals surface area contributed by atoms with Crippen LogP contribution < -0.4 is 5.32 Å². The molecule has 1 N–H and O–H groups in total. The Hall–Kier alpha value is -1.26. The fourth-order valence-electron chi connectivity index (χ4n) is 1.47. The van der Waals surface area contributed by atoms with Gasteiger partial charge in [0.05, 0.1) is 6.42 Å². The van der Waals surface area contributed by atoms with Gasteiger partial charge >= 0.3 is 5.97 Å². The number of carbonyl (C=O) groups excluding carboxylic acids is 2. The number of carbonyl (C=O) groups is 2. The first kappa shape index (κ1) is 16.8. The van der Waals surface area contributed by atoms with Crippen LogP contribution in [-0.4, -0.2) is 24.0 Å². The summed E-state index contributed by atoms with van der Waals surface area (Å²) in [7, 11) is 0. The Bertz CT molecular complexity index is 510.